The molecule has 0 aromatic rings. The molecule has 0 N–H and O–H groups in total. The molecular weight excluding hydrogens is 966 g/mol. The summed E-state index contributed by atoms with van der Waals surface area (Å²) in [5.74, 6) is -0.872. The van der Waals surface area contributed by atoms with E-state index in [1.807, 2.05) is 21.1 Å². The van der Waals surface area contributed by atoms with E-state index in [4.69, 9.17) is 18.5 Å². The summed E-state index contributed by atoms with van der Waals surface area (Å²) in [6, 6.07) is 0. The number of ether oxygens (including phenoxy) is 2. The molecule has 0 saturated carbocycles. The van der Waals surface area contributed by atoms with E-state index >= 15 is 0 Å². The molecule has 0 aromatic heterocycles. The highest BCUT2D eigenvalue weighted by atomic mass is 31.2. The molecule has 0 bridgehead atoms. The lowest BCUT2D eigenvalue weighted by Crippen LogP contribution is -2.37. The summed E-state index contributed by atoms with van der Waals surface area (Å²) in [7, 11) is 1.13. The third-order valence-electron chi connectivity index (χ3n) is 12.2. The van der Waals surface area contributed by atoms with Crippen molar-refractivity contribution in [3.05, 3.63) is 134 Å². The number of carbonyl (C=O) groups is 2. The molecule has 0 saturated heterocycles. The number of unbranched alkanes of at least 4 members (excludes halogenated alkanes) is 17. The van der Waals surface area contributed by atoms with E-state index in [-0.39, 0.29) is 26.1 Å². The van der Waals surface area contributed by atoms with Gasteiger partial charge < -0.3 is 27.9 Å². The topological polar surface area (TPSA) is 111 Å². The van der Waals surface area contributed by atoms with Crippen LogP contribution < -0.4 is 4.89 Å². The van der Waals surface area contributed by atoms with Crippen molar-refractivity contribution in [1.82, 2.24) is 0 Å². The molecule has 0 rings (SSSR count). The van der Waals surface area contributed by atoms with Crippen LogP contribution in [0.3, 0.4) is 0 Å². The molecule has 0 fully saturated rings. The van der Waals surface area contributed by atoms with Crippen LogP contribution in [0.15, 0.2) is 134 Å². The second-order valence-electron chi connectivity index (χ2n) is 20.6. The molecule has 0 radical (unpaired) electrons. The minimum Gasteiger partial charge on any atom is -0.756 e. The zero-order valence-corrected chi connectivity index (χ0v) is 49.8. The highest BCUT2D eigenvalue weighted by Crippen LogP contribution is 2.38. The molecule has 10 heteroatoms. The Kier molecular flexibility index (Phi) is 53.1. The smallest absolute Gasteiger partial charge is 0.306 e. The third kappa shape index (κ3) is 59.4. The fraction of sp³-hybridized carbons (Fsp3) is 0.636. The normalized spacial score (nSPS) is 14.2. The highest BCUT2D eigenvalue weighted by molar-refractivity contribution is 7.45. The Morgan fingerprint density at radius 1 is 0.408 bits per heavy atom. The van der Waals surface area contributed by atoms with Crippen LogP contribution in [0, 0.1) is 0 Å². The molecule has 432 valence electrons. The minimum absolute atomic E-state index is 0.0435. The van der Waals surface area contributed by atoms with Crippen LogP contribution in [-0.2, 0) is 32.7 Å². The first-order valence-corrected chi connectivity index (χ1v) is 31.4. The van der Waals surface area contributed by atoms with Crippen LogP contribution >= 0.6 is 7.82 Å². The predicted molar refractivity (Wildman–Crippen MR) is 323 cm³/mol. The number of hydrogen-bond donors (Lipinski definition) is 0. The van der Waals surface area contributed by atoms with E-state index in [0.29, 0.717) is 17.4 Å². The number of carbonyl (C=O) groups excluding carboxylic acids is 2. The number of phosphoric acid groups is 1. The van der Waals surface area contributed by atoms with Gasteiger partial charge in [0.15, 0.2) is 6.10 Å². The van der Waals surface area contributed by atoms with Crippen molar-refractivity contribution in [2.24, 2.45) is 0 Å². The van der Waals surface area contributed by atoms with E-state index < -0.39 is 32.5 Å². The zero-order valence-electron chi connectivity index (χ0n) is 48.9. The molecule has 0 aromatic carbocycles. The number of nitrogens with zero attached hydrogens (tertiary/aromatic N) is 1. The molecular formula is C66H110NO8P. The number of quaternary nitrogens is 1. The van der Waals surface area contributed by atoms with Crippen LogP contribution in [0.25, 0.3) is 0 Å². The summed E-state index contributed by atoms with van der Waals surface area (Å²) in [6.07, 6.45) is 80.7. The van der Waals surface area contributed by atoms with Gasteiger partial charge >= 0.3 is 11.9 Å². The van der Waals surface area contributed by atoms with Crippen molar-refractivity contribution in [3.8, 4) is 0 Å². The molecule has 0 heterocycles. The van der Waals surface area contributed by atoms with Crippen molar-refractivity contribution in [2.75, 3.05) is 47.5 Å². The molecule has 0 spiro atoms. The van der Waals surface area contributed by atoms with Gasteiger partial charge in [0, 0.05) is 12.8 Å². The van der Waals surface area contributed by atoms with Crippen LogP contribution in [-0.4, -0.2) is 70.0 Å². The first-order valence-electron chi connectivity index (χ1n) is 29.9. The Morgan fingerprint density at radius 2 is 0.711 bits per heavy atom. The van der Waals surface area contributed by atoms with E-state index in [1.165, 1.54) is 64.2 Å². The fourth-order valence-electron chi connectivity index (χ4n) is 7.63. The van der Waals surface area contributed by atoms with E-state index in [2.05, 4.69) is 148 Å². The Balaban J connectivity index is 4.21. The number of likely N-dealkylation sites (N-methyl/N-ethyl adjacent to an activating group) is 1. The lowest BCUT2D eigenvalue weighted by Gasteiger charge is -2.28. The van der Waals surface area contributed by atoms with Crippen molar-refractivity contribution in [2.45, 2.75) is 225 Å². The zero-order chi connectivity index (χ0) is 55.6. The molecule has 76 heavy (non-hydrogen) atoms. The van der Waals surface area contributed by atoms with Gasteiger partial charge in [-0.3, -0.25) is 14.2 Å². The average Bonchev–Trinajstić information content (AvgIpc) is 3.38. The summed E-state index contributed by atoms with van der Waals surface area (Å²) in [6.45, 7) is 3.97. The Morgan fingerprint density at radius 3 is 1.05 bits per heavy atom. The third-order valence-corrected chi connectivity index (χ3v) is 13.1. The number of rotatable bonds is 53. The maximum Gasteiger partial charge on any atom is 0.306 e. The summed E-state index contributed by atoms with van der Waals surface area (Å²) in [4.78, 5) is 37.9. The van der Waals surface area contributed by atoms with Crippen molar-refractivity contribution in [1.29, 1.82) is 0 Å². The van der Waals surface area contributed by atoms with Crippen molar-refractivity contribution >= 4 is 19.8 Å². The first kappa shape index (κ1) is 72.2. The molecule has 0 aliphatic rings. The van der Waals surface area contributed by atoms with Gasteiger partial charge in [0.2, 0.25) is 0 Å². The quantitative estimate of drug-likeness (QED) is 0.0195. The SMILES string of the molecule is CC/C=C\C/C=C\C/C=C\C/C=C\C/C=C\C/C=C\CCCCCCC(=O)OC(COC(=O)CCCCCCCCCCCCCCC/C=C\C/C=C\C/C=C\C/C=C\C/C=C\CC)COP(=O)([O-])OCC[N+](C)(C)C. The van der Waals surface area contributed by atoms with E-state index in [1.54, 1.807) is 0 Å². The van der Waals surface area contributed by atoms with Gasteiger partial charge in [0.05, 0.1) is 27.7 Å². The summed E-state index contributed by atoms with van der Waals surface area (Å²) in [5, 5.41) is 0. The van der Waals surface area contributed by atoms with Gasteiger partial charge in [-0.1, -0.05) is 231 Å². The van der Waals surface area contributed by atoms with E-state index in [0.717, 1.165) is 122 Å². The van der Waals surface area contributed by atoms with Crippen molar-refractivity contribution < 1.29 is 42.1 Å². The van der Waals surface area contributed by atoms with Gasteiger partial charge in [0.25, 0.3) is 7.82 Å². The van der Waals surface area contributed by atoms with Crippen LogP contribution in [0.1, 0.15) is 219 Å². The Labute approximate surface area is 466 Å². The van der Waals surface area contributed by atoms with Gasteiger partial charge in [-0.05, 0) is 109 Å². The molecule has 2 unspecified atom stereocenters. The van der Waals surface area contributed by atoms with Crippen molar-refractivity contribution in [3.63, 3.8) is 0 Å². The van der Waals surface area contributed by atoms with Gasteiger partial charge in [-0.25, -0.2) is 0 Å². The van der Waals surface area contributed by atoms with Gasteiger partial charge in [-0.2, -0.15) is 0 Å². The maximum atomic E-state index is 12.8. The molecule has 0 aliphatic carbocycles. The summed E-state index contributed by atoms with van der Waals surface area (Å²) in [5.41, 5.74) is 0. The summed E-state index contributed by atoms with van der Waals surface area (Å²) < 4.78 is 34.2. The van der Waals surface area contributed by atoms with Gasteiger partial charge in [-0.15, -0.1) is 0 Å². The van der Waals surface area contributed by atoms with Crippen LogP contribution in [0.2, 0.25) is 0 Å². The maximum absolute atomic E-state index is 12.8. The first-order chi connectivity index (χ1) is 37.0. The van der Waals surface area contributed by atoms with E-state index in [9.17, 15) is 19.0 Å². The van der Waals surface area contributed by atoms with Crippen LogP contribution in [0.5, 0.6) is 0 Å². The second-order valence-corrected chi connectivity index (χ2v) is 22.0. The number of phosphoric ester groups is 1. The predicted octanol–water partition coefficient (Wildman–Crippen LogP) is 18.3. The van der Waals surface area contributed by atoms with Crippen LogP contribution in [0.4, 0.5) is 0 Å². The lowest BCUT2D eigenvalue weighted by molar-refractivity contribution is -0.870. The number of hydrogen-bond acceptors (Lipinski definition) is 8. The highest BCUT2D eigenvalue weighted by Gasteiger charge is 2.21. The molecule has 0 aliphatic heterocycles. The number of allylic oxidation sites excluding steroid dienone is 22. The minimum atomic E-state index is -4.65. The lowest BCUT2D eigenvalue weighted by atomic mass is 10.0. The Bertz CT molecular complexity index is 1740. The largest absolute Gasteiger partial charge is 0.756 e. The average molecular weight is 1080 g/mol. The molecule has 0 amide bonds. The second kappa shape index (κ2) is 55.9. The molecule has 2 atom stereocenters. The standard InChI is InChI=1S/C66H110NO8P/c1-6-8-10-12-14-16-18-20-22-24-26-28-30-31-32-33-34-35-37-38-40-42-44-46-48-50-52-54-56-58-65(68)72-62-64(63-74-76(70,71)73-61-60-67(3,4)5)75-66(69)59-57-55-53-51-49-47-45-43-41-39-36-29-27-25-23-21-19-17-15-13-11-9-7-2/h8-11,14-17,20-23,26-29,31-32,39,41,45,47,64H,6-7,12-13,18-19,24-25,30,33-38,40,42-44,46,48-63H2,1-5H3/b10-8-,11-9-,16-14-,17-15-,22-20-,23-21-,28-26-,29-27-,32-31-,41-39-,47-45-. The monoisotopic (exact) mass is 1080 g/mol. The summed E-state index contributed by atoms with van der Waals surface area (Å²) >= 11 is 0. The van der Waals surface area contributed by atoms with Gasteiger partial charge in [0.1, 0.15) is 19.8 Å². The molecule has 9 nitrogen and oxygen atoms in total. The number of esters is 2. The fourth-order valence-corrected chi connectivity index (χ4v) is 8.36. The Hall–Kier alpha value is -3.85.